The van der Waals surface area contributed by atoms with Crippen molar-refractivity contribution in [3.8, 4) is 0 Å². The maximum atomic E-state index is 9.43. The Bertz CT molecular complexity index is 892. The molecule has 1 aliphatic carbocycles. The molecule has 0 spiro atoms. The molecule has 1 fully saturated rings. The van der Waals surface area contributed by atoms with Crippen molar-refractivity contribution in [3.63, 3.8) is 0 Å². The first-order chi connectivity index (χ1) is 12.2. The third kappa shape index (κ3) is 3.13. The van der Waals surface area contributed by atoms with Crippen molar-refractivity contribution >= 4 is 37.6 Å². The van der Waals surface area contributed by atoms with E-state index in [1.54, 1.807) is 11.3 Å². The monoisotopic (exact) mass is 358 g/mol. The number of aryl methyl sites for hydroxylation is 2. The Balaban J connectivity index is 1.74. The van der Waals surface area contributed by atoms with Crippen molar-refractivity contribution in [2.75, 3.05) is 18.5 Å². The summed E-state index contributed by atoms with van der Waals surface area (Å²) in [5.74, 6) is 1.80. The van der Waals surface area contributed by atoms with Crippen LogP contribution in [0.3, 0.4) is 0 Å². The van der Waals surface area contributed by atoms with E-state index in [4.69, 9.17) is 10.1 Å². The van der Waals surface area contributed by atoms with E-state index in [2.05, 4.69) is 18.3 Å². The molecule has 0 saturated heterocycles. The number of nitrogens with zero attached hydrogens (tertiary/aromatic N) is 3. The van der Waals surface area contributed by atoms with Crippen LogP contribution < -0.4 is 5.32 Å². The topological polar surface area (TPSA) is 63.0 Å². The van der Waals surface area contributed by atoms with Gasteiger partial charge in [0.15, 0.2) is 0 Å². The van der Waals surface area contributed by atoms with Crippen LogP contribution in [0, 0.1) is 19.8 Å². The van der Waals surface area contributed by atoms with Gasteiger partial charge in [0.05, 0.1) is 17.9 Å². The minimum absolute atomic E-state index is 0.0985. The van der Waals surface area contributed by atoms with E-state index in [0.29, 0.717) is 6.54 Å². The molecule has 1 aliphatic rings. The number of nitrogens with one attached hydrogen (secondary N) is 1. The summed E-state index contributed by atoms with van der Waals surface area (Å²) in [6.45, 7) is 5.78. The minimum Gasteiger partial charge on any atom is -0.394 e. The maximum absolute atomic E-state index is 9.43. The maximum Gasteiger partial charge on any atom is 0.142 e. The zero-order chi connectivity index (χ0) is 17.4. The molecular formula is C19H26N4OS. The van der Waals surface area contributed by atoms with Gasteiger partial charge in [-0.25, -0.2) is 9.67 Å². The number of aromatic nitrogens is 3. The fourth-order valence-corrected chi connectivity index (χ4v) is 5.28. The molecule has 0 unspecified atom stereocenters. The second-order valence-corrected chi connectivity index (χ2v) is 8.22. The molecule has 6 heteroatoms. The van der Waals surface area contributed by atoms with Crippen LogP contribution in [0.15, 0.2) is 6.07 Å². The fraction of sp³-hybridized carbons (Fsp3) is 0.579. The van der Waals surface area contributed by atoms with Crippen LogP contribution in [-0.4, -0.2) is 33.0 Å². The van der Waals surface area contributed by atoms with E-state index in [-0.39, 0.29) is 6.61 Å². The second kappa shape index (κ2) is 6.92. The molecule has 5 nitrogen and oxygen atoms in total. The molecule has 3 aromatic rings. The highest BCUT2D eigenvalue weighted by atomic mass is 32.1. The van der Waals surface area contributed by atoms with Gasteiger partial charge in [-0.3, -0.25) is 0 Å². The second-order valence-electron chi connectivity index (χ2n) is 7.22. The van der Waals surface area contributed by atoms with Crippen LogP contribution in [-0.2, 0) is 6.54 Å². The number of fused-ring (bicyclic) bond motifs is 3. The Labute approximate surface area is 152 Å². The van der Waals surface area contributed by atoms with Crippen molar-refractivity contribution < 1.29 is 5.11 Å². The lowest BCUT2D eigenvalue weighted by Gasteiger charge is -2.22. The molecular weight excluding hydrogens is 332 g/mol. The number of anilines is 1. The van der Waals surface area contributed by atoms with Crippen molar-refractivity contribution in [1.82, 2.24) is 14.8 Å². The molecule has 0 atom stereocenters. The summed E-state index contributed by atoms with van der Waals surface area (Å²) < 4.78 is 3.10. The van der Waals surface area contributed by atoms with E-state index < -0.39 is 0 Å². The average Bonchev–Trinajstić information content (AvgIpc) is 3.09. The molecule has 1 saturated carbocycles. The first-order valence-electron chi connectivity index (χ1n) is 9.29. The first kappa shape index (κ1) is 16.8. The molecule has 134 valence electrons. The SMILES string of the molecule is Cc1cc(C)c2c(n1)sc1c(NCC3CCCCC3)n(CCO)nc12. The van der Waals surface area contributed by atoms with Crippen molar-refractivity contribution in [1.29, 1.82) is 0 Å². The van der Waals surface area contributed by atoms with Crippen LogP contribution in [0.5, 0.6) is 0 Å². The number of pyridine rings is 1. The summed E-state index contributed by atoms with van der Waals surface area (Å²) in [7, 11) is 0. The zero-order valence-electron chi connectivity index (χ0n) is 15.0. The van der Waals surface area contributed by atoms with Gasteiger partial charge in [0, 0.05) is 17.6 Å². The number of aliphatic hydroxyl groups is 1. The van der Waals surface area contributed by atoms with Crippen LogP contribution in [0.2, 0.25) is 0 Å². The Hall–Kier alpha value is -1.66. The minimum atomic E-state index is 0.0985. The summed E-state index contributed by atoms with van der Waals surface area (Å²) in [5.41, 5.74) is 3.29. The molecule has 25 heavy (non-hydrogen) atoms. The van der Waals surface area contributed by atoms with Gasteiger partial charge in [0.25, 0.3) is 0 Å². The normalized spacial score (nSPS) is 16.1. The molecule has 0 radical (unpaired) electrons. The Morgan fingerprint density at radius 2 is 2.08 bits per heavy atom. The van der Waals surface area contributed by atoms with Crippen LogP contribution in [0.4, 0.5) is 5.82 Å². The van der Waals surface area contributed by atoms with Crippen LogP contribution in [0.1, 0.15) is 43.4 Å². The highest BCUT2D eigenvalue weighted by molar-refractivity contribution is 7.26. The summed E-state index contributed by atoms with van der Waals surface area (Å²) in [6.07, 6.45) is 6.71. The van der Waals surface area contributed by atoms with Crippen LogP contribution in [0.25, 0.3) is 20.4 Å². The lowest BCUT2D eigenvalue weighted by Crippen LogP contribution is -2.19. The predicted octanol–water partition coefficient (Wildman–Crippen LogP) is 4.25. The molecule has 0 amide bonds. The fourth-order valence-electron chi connectivity index (χ4n) is 4.03. The summed E-state index contributed by atoms with van der Waals surface area (Å²) in [5, 5.41) is 19.1. The van der Waals surface area contributed by atoms with Gasteiger partial charge in [-0.2, -0.15) is 5.10 Å². The summed E-state index contributed by atoms with van der Waals surface area (Å²) in [6, 6.07) is 2.12. The van der Waals surface area contributed by atoms with Gasteiger partial charge in [-0.15, -0.1) is 11.3 Å². The van der Waals surface area contributed by atoms with Crippen molar-refractivity contribution in [3.05, 3.63) is 17.3 Å². The lowest BCUT2D eigenvalue weighted by molar-refractivity contribution is 0.270. The number of thiophene rings is 1. The molecule has 4 rings (SSSR count). The van der Waals surface area contributed by atoms with E-state index in [0.717, 1.165) is 39.7 Å². The smallest absolute Gasteiger partial charge is 0.142 e. The van der Waals surface area contributed by atoms with Gasteiger partial charge >= 0.3 is 0 Å². The largest absolute Gasteiger partial charge is 0.394 e. The number of hydrogen-bond donors (Lipinski definition) is 2. The number of rotatable bonds is 5. The van der Waals surface area contributed by atoms with Gasteiger partial charge < -0.3 is 10.4 Å². The van der Waals surface area contributed by atoms with Gasteiger partial charge in [-0.1, -0.05) is 19.3 Å². The number of hydrogen-bond acceptors (Lipinski definition) is 5. The molecule has 2 N–H and O–H groups in total. The van der Waals surface area contributed by atoms with Gasteiger partial charge in [0.2, 0.25) is 0 Å². The Morgan fingerprint density at radius 1 is 1.28 bits per heavy atom. The summed E-state index contributed by atoms with van der Waals surface area (Å²) >= 11 is 1.71. The van der Waals surface area contributed by atoms with Crippen LogP contribution >= 0.6 is 11.3 Å². The molecule has 3 aromatic heterocycles. The third-order valence-electron chi connectivity index (χ3n) is 5.25. The van der Waals surface area contributed by atoms with E-state index >= 15 is 0 Å². The zero-order valence-corrected chi connectivity index (χ0v) is 15.8. The highest BCUT2D eigenvalue weighted by Crippen LogP contribution is 2.39. The standard InChI is InChI=1S/C19H26N4OS/c1-12-10-13(2)21-19-15(12)16-17(25-19)18(23(22-16)8-9-24)20-11-14-6-4-3-5-7-14/h10,14,20,24H,3-9,11H2,1-2H3. The van der Waals surface area contributed by atoms with Crippen molar-refractivity contribution in [2.45, 2.75) is 52.5 Å². The number of aliphatic hydroxyl groups excluding tert-OH is 1. The van der Waals surface area contributed by atoms with E-state index in [1.165, 1.54) is 42.4 Å². The molecule has 0 bridgehead atoms. The van der Waals surface area contributed by atoms with E-state index in [1.807, 2.05) is 11.6 Å². The predicted molar refractivity (Wildman–Crippen MR) is 105 cm³/mol. The highest BCUT2D eigenvalue weighted by Gasteiger charge is 2.20. The Kier molecular flexibility index (Phi) is 4.65. The molecule has 0 aliphatic heterocycles. The van der Waals surface area contributed by atoms with Gasteiger partial charge in [-0.05, 0) is 44.2 Å². The lowest BCUT2D eigenvalue weighted by atomic mass is 9.89. The summed E-state index contributed by atoms with van der Waals surface area (Å²) in [4.78, 5) is 5.77. The third-order valence-corrected chi connectivity index (χ3v) is 6.33. The van der Waals surface area contributed by atoms with Crippen molar-refractivity contribution in [2.24, 2.45) is 5.92 Å². The molecule has 3 heterocycles. The average molecular weight is 359 g/mol. The van der Waals surface area contributed by atoms with Gasteiger partial charge in [0.1, 0.15) is 16.2 Å². The van der Waals surface area contributed by atoms with E-state index in [9.17, 15) is 5.11 Å². The Morgan fingerprint density at radius 3 is 2.84 bits per heavy atom. The molecule has 0 aromatic carbocycles. The quantitative estimate of drug-likeness (QED) is 0.716. The first-order valence-corrected chi connectivity index (χ1v) is 10.1.